The molecular formula is C22H24N4O2. The second-order valence-corrected chi connectivity index (χ2v) is 7.53. The third-order valence-corrected chi connectivity index (χ3v) is 5.20. The smallest absolute Gasteiger partial charge is 0.167 e. The van der Waals surface area contributed by atoms with E-state index in [0.717, 1.165) is 29.7 Å². The van der Waals surface area contributed by atoms with E-state index in [2.05, 4.69) is 41.0 Å². The van der Waals surface area contributed by atoms with Crippen LogP contribution in [0.4, 0.5) is 0 Å². The fraction of sp³-hybridized carbons (Fsp3) is 0.364. The van der Waals surface area contributed by atoms with E-state index in [1.165, 1.54) is 0 Å². The van der Waals surface area contributed by atoms with Crippen LogP contribution >= 0.6 is 0 Å². The quantitative estimate of drug-likeness (QED) is 0.693. The van der Waals surface area contributed by atoms with E-state index in [0.29, 0.717) is 18.1 Å². The molecule has 0 bridgehead atoms. The topological polar surface area (TPSA) is 67.3 Å². The minimum atomic E-state index is -0.628. The van der Waals surface area contributed by atoms with Crippen molar-refractivity contribution in [3.05, 3.63) is 59.8 Å². The highest BCUT2D eigenvalue weighted by atomic mass is 16.5. The number of hydrogen-bond acceptors (Lipinski definition) is 5. The number of benzene rings is 1. The van der Waals surface area contributed by atoms with Crippen LogP contribution in [-0.2, 0) is 6.54 Å². The van der Waals surface area contributed by atoms with E-state index in [1.54, 1.807) is 13.1 Å². The van der Waals surface area contributed by atoms with Crippen LogP contribution in [0.2, 0.25) is 0 Å². The third-order valence-electron chi connectivity index (χ3n) is 5.20. The first kappa shape index (κ1) is 18.5. The van der Waals surface area contributed by atoms with E-state index in [4.69, 9.17) is 4.52 Å². The zero-order chi connectivity index (χ0) is 19.7. The van der Waals surface area contributed by atoms with Gasteiger partial charge in [0, 0.05) is 29.6 Å². The first-order valence-corrected chi connectivity index (χ1v) is 9.43. The van der Waals surface area contributed by atoms with Gasteiger partial charge in [-0.1, -0.05) is 17.0 Å². The Morgan fingerprint density at radius 1 is 1.29 bits per heavy atom. The van der Waals surface area contributed by atoms with E-state index in [-0.39, 0.29) is 5.54 Å². The van der Waals surface area contributed by atoms with E-state index in [1.807, 2.05) is 41.1 Å². The molecule has 1 aromatic carbocycles. The molecule has 2 aromatic heterocycles. The molecule has 0 aliphatic heterocycles. The Hall–Kier alpha value is -2.88. The summed E-state index contributed by atoms with van der Waals surface area (Å²) in [5.41, 5.74) is 2.80. The molecule has 4 rings (SSSR count). The van der Waals surface area contributed by atoms with Gasteiger partial charge in [-0.2, -0.15) is 0 Å². The molecule has 2 heterocycles. The normalized spacial score (nSPS) is 15.9. The van der Waals surface area contributed by atoms with Crippen LogP contribution in [-0.4, -0.2) is 44.3 Å². The maximum Gasteiger partial charge on any atom is 0.167 e. The summed E-state index contributed by atoms with van der Waals surface area (Å²) in [6.07, 6.45) is 5.14. The molecule has 0 amide bonds. The van der Waals surface area contributed by atoms with Crippen LogP contribution in [0.5, 0.6) is 0 Å². The van der Waals surface area contributed by atoms with E-state index < -0.39 is 6.10 Å². The SMILES string of the molecule is CC(O)c1nccn1Cc1cc(-c2ccc(C#CC3(N(C)C)CC3)cc2)on1. The molecule has 1 fully saturated rings. The van der Waals surface area contributed by atoms with Gasteiger partial charge in [-0.3, -0.25) is 4.90 Å². The van der Waals surface area contributed by atoms with Gasteiger partial charge >= 0.3 is 0 Å². The van der Waals surface area contributed by atoms with E-state index >= 15 is 0 Å². The Morgan fingerprint density at radius 3 is 2.68 bits per heavy atom. The number of aromatic nitrogens is 3. The van der Waals surface area contributed by atoms with Gasteiger partial charge in [0.2, 0.25) is 0 Å². The van der Waals surface area contributed by atoms with Crippen molar-refractivity contribution in [3.63, 3.8) is 0 Å². The Balaban J connectivity index is 1.47. The minimum Gasteiger partial charge on any atom is -0.385 e. The van der Waals surface area contributed by atoms with Crippen LogP contribution in [0, 0.1) is 11.8 Å². The van der Waals surface area contributed by atoms with Gasteiger partial charge in [0.1, 0.15) is 17.6 Å². The Kier molecular flexibility index (Phi) is 4.80. The number of rotatable bonds is 5. The summed E-state index contributed by atoms with van der Waals surface area (Å²) in [5.74, 6) is 8.00. The highest BCUT2D eigenvalue weighted by Gasteiger charge is 2.43. The van der Waals surface area contributed by atoms with Crippen molar-refractivity contribution >= 4 is 0 Å². The molecule has 0 saturated heterocycles. The van der Waals surface area contributed by atoms with Gasteiger partial charge in [-0.25, -0.2) is 4.98 Å². The molecule has 0 radical (unpaired) electrons. The molecule has 1 aliphatic rings. The maximum absolute atomic E-state index is 9.77. The van der Waals surface area contributed by atoms with Gasteiger partial charge in [-0.05, 0) is 58.1 Å². The minimum absolute atomic E-state index is 0.0662. The van der Waals surface area contributed by atoms with Crippen LogP contribution in [0.3, 0.4) is 0 Å². The van der Waals surface area contributed by atoms with Gasteiger partial charge < -0.3 is 14.2 Å². The zero-order valence-electron chi connectivity index (χ0n) is 16.4. The summed E-state index contributed by atoms with van der Waals surface area (Å²) in [4.78, 5) is 6.38. The van der Waals surface area contributed by atoms with Crippen LogP contribution < -0.4 is 0 Å². The highest BCUT2D eigenvalue weighted by Crippen LogP contribution is 2.39. The zero-order valence-corrected chi connectivity index (χ0v) is 16.4. The van der Waals surface area contributed by atoms with Crippen molar-refractivity contribution in [3.8, 4) is 23.2 Å². The predicted molar refractivity (Wildman–Crippen MR) is 106 cm³/mol. The molecular weight excluding hydrogens is 352 g/mol. The molecule has 144 valence electrons. The van der Waals surface area contributed by atoms with E-state index in [9.17, 15) is 5.11 Å². The van der Waals surface area contributed by atoms with Crippen molar-refractivity contribution in [1.29, 1.82) is 0 Å². The Morgan fingerprint density at radius 2 is 2.04 bits per heavy atom. The van der Waals surface area contributed by atoms with Crippen molar-refractivity contribution in [2.24, 2.45) is 0 Å². The molecule has 28 heavy (non-hydrogen) atoms. The molecule has 1 N–H and O–H groups in total. The lowest BCUT2D eigenvalue weighted by Gasteiger charge is -2.16. The first-order valence-electron chi connectivity index (χ1n) is 9.43. The lowest BCUT2D eigenvalue weighted by atomic mass is 10.1. The van der Waals surface area contributed by atoms with Crippen molar-refractivity contribution in [2.45, 2.75) is 38.0 Å². The van der Waals surface area contributed by atoms with Crippen molar-refractivity contribution in [1.82, 2.24) is 19.6 Å². The van der Waals surface area contributed by atoms with Crippen molar-refractivity contribution in [2.75, 3.05) is 14.1 Å². The average molecular weight is 376 g/mol. The van der Waals surface area contributed by atoms with Crippen LogP contribution in [0.25, 0.3) is 11.3 Å². The maximum atomic E-state index is 9.77. The number of hydrogen-bond donors (Lipinski definition) is 1. The second-order valence-electron chi connectivity index (χ2n) is 7.53. The number of nitrogens with zero attached hydrogens (tertiary/aromatic N) is 4. The molecule has 0 spiro atoms. The number of imidazole rings is 1. The largest absolute Gasteiger partial charge is 0.385 e. The van der Waals surface area contributed by atoms with Gasteiger partial charge in [0.05, 0.1) is 12.1 Å². The molecule has 1 atom stereocenters. The molecule has 3 aromatic rings. The highest BCUT2D eigenvalue weighted by molar-refractivity contribution is 5.59. The lowest BCUT2D eigenvalue weighted by Crippen LogP contribution is -2.28. The lowest BCUT2D eigenvalue weighted by molar-refractivity contribution is 0.184. The van der Waals surface area contributed by atoms with Crippen LogP contribution in [0.1, 0.15) is 43.0 Å². The van der Waals surface area contributed by atoms with Gasteiger partial charge in [0.15, 0.2) is 5.76 Å². The standard InChI is InChI=1S/C22H24N4O2/c1-16(27)21-23-12-13-26(21)15-19-14-20(28-24-19)18-6-4-17(5-7-18)8-9-22(10-11-22)25(2)3/h4-7,12-14,16,27H,10-11,15H2,1-3H3. The summed E-state index contributed by atoms with van der Waals surface area (Å²) in [5, 5.41) is 13.9. The molecule has 1 unspecified atom stereocenters. The molecule has 6 nitrogen and oxygen atoms in total. The summed E-state index contributed by atoms with van der Waals surface area (Å²) < 4.78 is 7.37. The Bertz CT molecular complexity index is 1010. The average Bonchev–Trinajstić information content (AvgIpc) is 3.10. The first-order chi connectivity index (χ1) is 13.5. The molecule has 6 heteroatoms. The summed E-state index contributed by atoms with van der Waals surface area (Å²) in [7, 11) is 4.17. The fourth-order valence-corrected chi connectivity index (χ4v) is 3.23. The molecule has 1 saturated carbocycles. The second kappa shape index (κ2) is 7.27. The van der Waals surface area contributed by atoms with Crippen molar-refractivity contribution < 1.29 is 9.63 Å². The number of aliphatic hydroxyl groups excluding tert-OH is 1. The monoisotopic (exact) mass is 376 g/mol. The predicted octanol–water partition coefficient (Wildman–Crippen LogP) is 3.09. The third kappa shape index (κ3) is 3.72. The summed E-state index contributed by atoms with van der Waals surface area (Å²) >= 11 is 0. The fourth-order valence-electron chi connectivity index (χ4n) is 3.23. The van der Waals surface area contributed by atoms with Crippen LogP contribution in [0.15, 0.2) is 47.2 Å². The van der Waals surface area contributed by atoms with Gasteiger partial charge in [0.25, 0.3) is 0 Å². The number of aliphatic hydroxyl groups is 1. The summed E-state index contributed by atoms with van der Waals surface area (Å²) in [6.45, 7) is 2.20. The summed E-state index contributed by atoms with van der Waals surface area (Å²) in [6, 6.07) is 9.94. The Labute approximate surface area is 164 Å². The molecule has 1 aliphatic carbocycles. The van der Waals surface area contributed by atoms with Gasteiger partial charge in [-0.15, -0.1) is 0 Å².